The summed E-state index contributed by atoms with van der Waals surface area (Å²) in [5, 5.41) is 12.0. The molecule has 2 aromatic rings. The van der Waals surface area contributed by atoms with Crippen molar-refractivity contribution in [2.45, 2.75) is 26.7 Å². The molecule has 120 valence electrons. The Morgan fingerprint density at radius 2 is 2.23 bits per heavy atom. The van der Waals surface area contributed by atoms with Crippen LogP contribution in [-0.4, -0.2) is 29.1 Å². The maximum Gasteiger partial charge on any atom is 0.266 e. The quantitative estimate of drug-likeness (QED) is 0.684. The summed E-state index contributed by atoms with van der Waals surface area (Å²) in [6, 6.07) is 5.20. The third-order valence-electron chi connectivity index (χ3n) is 3.58. The highest BCUT2D eigenvalue weighted by molar-refractivity contribution is 7.71. The Bertz CT molecular complexity index is 690. The molecule has 0 aliphatic rings. The molecule has 0 aliphatic heterocycles. The second kappa shape index (κ2) is 7.56. The van der Waals surface area contributed by atoms with Gasteiger partial charge in [0.1, 0.15) is 0 Å². The zero-order valence-electron chi connectivity index (χ0n) is 12.9. The molecule has 0 spiro atoms. The average molecular weight is 322 g/mol. The molecular formula is C16H22N2O3S. The van der Waals surface area contributed by atoms with E-state index in [0.717, 1.165) is 11.9 Å². The number of hydrogen-bond donors (Lipinski definition) is 3. The first-order valence-corrected chi connectivity index (χ1v) is 7.92. The molecule has 0 aliphatic carbocycles. The summed E-state index contributed by atoms with van der Waals surface area (Å²) in [6.45, 7) is 4.98. The molecule has 6 heteroatoms. The van der Waals surface area contributed by atoms with Gasteiger partial charge in [-0.15, -0.1) is 0 Å². The number of carbonyl (C=O) groups excluding carboxylic acids is 1. The van der Waals surface area contributed by atoms with Crippen molar-refractivity contribution in [3.8, 4) is 0 Å². The number of fused-ring (bicyclic) bond motifs is 1. The van der Waals surface area contributed by atoms with Gasteiger partial charge < -0.3 is 19.8 Å². The van der Waals surface area contributed by atoms with E-state index in [1.165, 1.54) is 0 Å². The molecule has 1 aromatic heterocycles. The Morgan fingerprint density at radius 3 is 2.91 bits per heavy atom. The van der Waals surface area contributed by atoms with Gasteiger partial charge in [0.05, 0.1) is 5.52 Å². The Morgan fingerprint density at radius 1 is 1.45 bits per heavy atom. The lowest BCUT2D eigenvalue weighted by Gasteiger charge is -2.18. The fraction of sp³-hybridized carbons (Fsp3) is 0.500. The smallest absolute Gasteiger partial charge is 0.266 e. The summed E-state index contributed by atoms with van der Waals surface area (Å²) < 4.78 is 5.32. The van der Waals surface area contributed by atoms with Gasteiger partial charge in [-0.25, -0.2) is 0 Å². The largest absolute Gasteiger partial charge is 0.429 e. The van der Waals surface area contributed by atoms with Crippen LogP contribution in [0.1, 0.15) is 37.0 Å². The van der Waals surface area contributed by atoms with E-state index in [-0.39, 0.29) is 18.4 Å². The summed E-state index contributed by atoms with van der Waals surface area (Å²) in [5.74, 6) is 0.679. The minimum atomic E-state index is -0.143. The zero-order chi connectivity index (χ0) is 16.1. The van der Waals surface area contributed by atoms with E-state index in [1.54, 1.807) is 18.2 Å². The summed E-state index contributed by atoms with van der Waals surface area (Å²) in [6.07, 6.45) is 1.68. The van der Waals surface area contributed by atoms with Crippen molar-refractivity contribution in [2.24, 2.45) is 11.8 Å². The van der Waals surface area contributed by atoms with E-state index in [1.807, 2.05) is 0 Å². The number of carbonyl (C=O) groups is 1. The lowest BCUT2D eigenvalue weighted by Crippen LogP contribution is -2.30. The fourth-order valence-corrected chi connectivity index (χ4v) is 2.78. The van der Waals surface area contributed by atoms with Crippen LogP contribution in [0.25, 0.3) is 11.1 Å². The molecule has 0 radical (unpaired) electrons. The molecule has 0 saturated carbocycles. The maximum atomic E-state index is 12.2. The monoisotopic (exact) mass is 322 g/mol. The SMILES string of the molecule is CC(C)CC(CCO)CNC(=O)c1ccc2[nH]c(=S)oc2c1. The van der Waals surface area contributed by atoms with Crippen LogP contribution < -0.4 is 5.32 Å². The Labute approximate surface area is 134 Å². The number of rotatable bonds is 7. The standard InChI is InChI=1S/C16H22N2O3S/c1-10(2)7-11(5-6-19)9-17-15(20)12-3-4-13-14(8-12)21-16(22)18-13/h3-4,8,10-11,19H,5-7,9H2,1-2H3,(H,17,20)(H,18,22). The number of aliphatic hydroxyl groups excluding tert-OH is 1. The molecule has 2 rings (SSSR count). The second-order valence-electron chi connectivity index (χ2n) is 5.94. The van der Waals surface area contributed by atoms with Crippen molar-refractivity contribution in [3.05, 3.63) is 28.6 Å². The third-order valence-corrected chi connectivity index (χ3v) is 3.76. The van der Waals surface area contributed by atoms with Crippen molar-refractivity contribution in [3.63, 3.8) is 0 Å². The van der Waals surface area contributed by atoms with Gasteiger partial charge >= 0.3 is 0 Å². The molecule has 1 unspecified atom stereocenters. The van der Waals surface area contributed by atoms with E-state index in [2.05, 4.69) is 24.1 Å². The van der Waals surface area contributed by atoms with E-state index < -0.39 is 0 Å². The number of nitrogens with one attached hydrogen (secondary N) is 2. The molecule has 22 heavy (non-hydrogen) atoms. The molecular weight excluding hydrogens is 300 g/mol. The minimum absolute atomic E-state index is 0.142. The highest BCUT2D eigenvalue weighted by Gasteiger charge is 2.14. The summed E-state index contributed by atoms with van der Waals surface area (Å²) >= 11 is 4.93. The molecule has 1 aromatic carbocycles. The van der Waals surface area contributed by atoms with Crippen LogP contribution >= 0.6 is 12.2 Å². The topological polar surface area (TPSA) is 78.3 Å². The van der Waals surface area contributed by atoms with Crippen LogP contribution in [0.4, 0.5) is 0 Å². The number of aromatic amines is 1. The molecule has 1 heterocycles. The van der Waals surface area contributed by atoms with Crippen molar-refractivity contribution < 1.29 is 14.3 Å². The first kappa shape index (κ1) is 16.7. The maximum absolute atomic E-state index is 12.2. The van der Waals surface area contributed by atoms with Crippen LogP contribution in [0.2, 0.25) is 0 Å². The lowest BCUT2D eigenvalue weighted by molar-refractivity contribution is 0.0941. The van der Waals surface area contributed by atoms with Gasteiger partial charge in [0.2, 0.25) is 0 Å². The molecule has 0 saturated heterocycles. The van der Waals surface area contributed by atoms with Crippen LogP contribution in [0.15, 0.2) is 22.6 Å². The predicted octanol–water partition coefficient (Wildman–Crippen LogP) is 3.26. The van der Waals surface area contributed by atoms with Crippen LogP contribution in [0.3, 0.4) is 0 Å². The van der Waals surface area contributed by atoms with Gasteiger partial charge in [-0.2, -0.15) is 0 Å². The van der Waals surface area contributed by atoms with E-state index in [9.17, 15) is 4.79 Å². The van der Waals surface area contributed by atoms with Gasteiger partial charge in [0, 0.05) is 18.7 Å². The van der Waals surface area contributed by atoms with Gasteiger partial charge in [-0.05, 0) is 55.1 Å². The minimum Gasteiger partial charge on any atom is -0.429 e. The Hall–Kier alpha value is -1.66. The van der Waals surface area contributed by atoms with Crippen molar-refractivity contribution in [2.75, 3.05) is 13.2 Å². The number of oxazole rings is 1. The average Bonchev–Trinajstić information content (AvgIpc) is 2.83. The predicted molar refractivity (Wildman–Crippen MR) is 88.4 cm³/mol. The first-order valence-electron chi connectivity index (χ1n) is 7.51. The fourth-order valence-electron chi connectivity index (χ4n) is 2.58. The second-order valence-corrected chi connectivity index (χ2v) is 6.31. The van der Waals surface area contributed by atoms with Gasteiger partial charge in [0.25, 0.3) is 10.7 Å². The van der Waals surface area contributed by atoms with Gasteiger partial charge in [-0.3, -0.25) is 4.79 Å². The summed E-state index contributed by atoms with van der Waals surface area (Å²) in [7, 11) is 0. The molecule has 1 amide bonds. The van der Waals surface area contributed by atoms with Crippen molar-refractivity contribution >= 4 is 29.2 Å². The highest BCUT2D eigenvalue weighted by atomic mass is 32.1. The van der Waals surface area contributed by atoms with Crippen LogP contribution in [0.5, 0.6) is 0 Å². The van der Waals surface area contributed by atoms with E-state index in [4.69, 9.17) is 21.7 Å². The normalized spacial score (nSPS) is 12.7. The van der Waals surface area contributed by atoms with Gasteiger partial charge in [0.15, 0.2) is 5.58 Å². The van der Waals surface area contributed by atoms with Crippen LogP contribution in [-0.2, 0) is 0 Å². The Balaban J connectivity index is 2.01. The van der Waals surface area contributed by atoms with E-state index in [0.29, 0.717) is 34.9 Å². The summed E-state index contributed by atoms with van der Waals surface area (Å²) in [4.78, 5) is 15.4. The zero-order valence-corrected chi connectivity index (χ0v) is 13.7. The van der Waals surface area contributed by atoms with Crippen molar-refractivity contribution in [1.29, 1.82) is 0 Å². The molecule has 5 nitrogen and oxygen atoms in total. The number of hydrogen-bond acceptors (Lipinski definition) is 4. The number of H-pyrrole nitrogens is 1. The number of benzene rings is 1. The molecule has 0 fully saturated rings. The highest BCUT2D eigenvalue weighted by Crippen LogP contribution is 2.17. The number of amides is 1. The van der Waals surface area contributed by atoms with Crippen molar-refractivity contribution in [1.82, 2.24) is 10.3 Å². The number of aromatic nitrogens is 1. The number of aliphatic hydroxyl groups is 1. The molecule has 0 bridgehead atoms. The van der Waals surface area contributed by atoms with E-state index >= 15 is 0 Å². The Kier molecular flexibility index (Phi) is 5.74. The van der Waals surface area contributed by atoms with Gasteiger partial charge in [-0.1, -0.05) is 13.8 Å². The first-order chi connectivity index (χ1) is 10.5. The lowest BCUT2D eigenvalue weighted by atomic mass is 9.94. The third kappa shape index (κ3) is 4.42. The summed E-state index contributed by atoms with van der Waals surface area (Å²) in [5.41, 5.74) is 1.89. The molecule has 3 N–H and O–H groups in total. The van der Waals surface area contributed by atoms with Crippen LogP contribution in [0, 0.1) is 16.7 Å². The molecule has 1 atom stereocenters.